The number of aryl methyl sites for hydroxylation is 3. The lowest BCUT2D eigenvalue weighted by Gasteiger charge is -2.07. The van der Waals surface area contributed by atoms with E-state index in [2.05, 4.69) is 15.4 Å². The predicted molar refractivity (Wildman–Crippen MR) is 98.6 cm³/mol. The van der Waals surface area contributed by atoms with Crippen molar-refractivity contribution in [3.05, 3.63) is 32.2 Å². The summed E-state index contributed by atoms with van der Waals surface area (Å²) in [7, 11) is 1.59. The summed E-state index contributed by atoms with van der Waals surface area (Å²) in [4.78, 5) is 40.2. The molecular formula is C17H22N4O4S. The second-order valence-corrected chi connectivity index (χ2v) is 7.05. The molecule has 0 fully saturated rings. The zero-order valence-electron chi connectivity index (χ0n) is 15.3. The van der Waals surface area contributed by atoms with E-state index >= 15 is 0 Å². The van der Waals surface area contributed by atoms with E-state index in [0.29, 0.717) is 40.5 Å². The first kappa shape index (κ1) is 19.8. The van der Waals surface area contributed by atoms with E-state index in [-0.39, 0.29) is 17.9 Å². The Bertz CT molecular complexity index is 901. The van der Waals surface area contributed by atoms with Crippen LogP contribution in [0.3, 0.4) is 0 Å². The van der Waals surface area contributed by atoms with Crippen molar-refractivity contribution in [3.8, 4) is 10.6 Å². The van der Waals surface area contributed by atoms with Crippen molar-refractivity contribution >= 4 is 23.2 Å². The fourth-order valence-electron chi connectivity index (χ4n) is 2.50. The summed E-state index contributed by atoms with van der Waals surface area (Å²) < 4.78 is 1.27. The van der Waals surface area contributed by atoms with Gasteiger partial charge in [-0.15, -0.1) is 11.3 Å². The number of nitrogens with one attached hydrogen (secondary N) is 1. The molecule has 140 valence electrons. The van der Waals surface area contributed by atoms with Crippen LogP contribution in [0.2, 0.25) is 0 Å². The zero-order chi connectivity index (χ0) is 19.4. The van der Waals surface area contributed by atoms with Crippen LogP contribution < -0.4 is 10.9 Å². The van der Waals surface area contributed by atoms with Gasteiger partial charge in [-0.05, 0) is 39.2 Å². The van der Waals surface area contributed by atoms with E-state index in [1.165, 1.54) is 16.0 Å². The van der Waals surface area contributed by atoms with Crippen LogP contribution >= 0.6 is 11.3 Å². The van der Waals surface area contributed by atoms with Gasteiger partial charge in [-0.3, -0.25) is 14.4 Å². The Morgan fingerprint density at radius 1 is 1.19 bits per heavy atom. The van der Waals surface area contributed by atoms with Crippen LogP contribution in [-0.2, 0) is 11.8 Å². The predicted octanol–water partition coefficient (Wildman–Crippen LogP) is 1.81. The highest BCUT2D eigenvalue weighted by molar-refractivity contribution is 7.17. The van der Waals surface area contributed by atoms with Crippen LogP contribution in [0.5, 0.6) is 0 Å². The summed E-state index contributed by atoms with van der Waals surface area (Å²) in [6, 6.07) is 0. The molecule has 2 aromatic heterocycles. The maximum Gasteiger partial charge on any atom is 0.303 e. The van der Waals surface area contributed by atoms with Gasteiger partial charge in [-0.25, -0.2) is 9.67 Å². The number of aromatic nitrogens is 3. The molecule has 0 aromatic carbocycles. The maximum absolute atomic E-state index is 12.5. The molecule has 2 heterocycles. The number of nitrogens with zero attached hydrogens (tertiary/aromatic N) is 3. The molecule has 9 heteroatoms. The fraction of sp³-hybridized carbons (Fsp3) is 0.471. The highest BCUT2D eigenvalue weighted by Crippen LogP contribution is 2.28. The smallest absolute Gasteiger partial charge is 0.303 e. The van der Waals surface area contributed by atoms with Gasteiger partial charge in [0.05, 0.1) is 17.0 Å². The number of amides is 1. The van der Waals surface area contributed by atoms with Crippen LogP contribution in [0.4, 0.5) is 0 Å². The number of carboxylic acid groups (broad SMARTS) is 1. The standard InChI is InChI=1S/C17H22N4O4S/c1-9-10(2)20-21(4)17(25)13(9)16-19-11(3)14(26-16)15(24)18-8-6-5-7-12(22)23/h5-8H2,1-4H3,(H,18,24)(H,22,23). The quantitative estimate of drug-likeness (QED) is 0.710. The Morgan fingerprint density at radius 2 is 1.88 bits per heavy atom. The highest BCUT2D eigenvalue weighted by atomic mass is 32.1. The minimum Gasteiger partial charge on any atom is -0.481 e. The van der Waals surface area contributed by atoms with Gasteiger partial charge in [0.2, 0.25) is 0 Å². The van der Waals surface area contributed by atoms with Crippen LogP contribution in [0.25, 0.3) is 10.6 Å². The van der Waals surface area contributed by atoms with Crippen LogP contribution in [0, 0.1) is 20.8 Å². The summed E-state index contributed by atoms with van der Waals surface area (Å²) in [5.41, 5.74) is 2.27. The summed E-state index contributed by atoms with van der Waals surface area (Å²) in [6.07, 6.45) is 1.18. The fourth-order valence-corrected chi connectivity index (χ4v) is 3.57. The molecule has 8 nitrogen and oxygen atoms in total. The van der Waals surface area contributed by atoms with E-state index in [0.717, 1.165) is 11.3 Å². The van der Waals surface area contributed by atoms with Gasteiger partial charge in [0.1, 0.15) is 9.88 Å². The van der Waals surface area contributed by atoms with Gasteiger partial charge in [-0.1, -0.05) is 0 Å². The number of thiazole rings is 1. The minimum absolute atomic E-state index is 0.0869. The number of unbranched alkanes of at least 4 members (excludes halogenated alkanes) is 1. The van der Waals surface area contributed by atoms with Crippen molar-refractivity contribution < 1.29 is 14.7 Å². The number of hydrogen-bond acceptors (Lipinski definition) is 6. The highest BCUT2D eigenvalue weighted by Gasteiger charge is 2.20. The Hall–Kier alpha value is -2.55. The van der Waals surface area contributed by atoms with Crippen LogP contribution in [0.1, 0.15) is 45.9 Å². The molecule has 0 saturated carbocycles. The molecule has 0 atom stereocenters. The second-order valence-electron chi connectivity index (χ2n) is 6.05. The van der Waals surface area contributed by atoms with E-state index in [9.17, 15) is 14.4 Å². The number of hydrogen-bond donors (Lipinski definition) is 2. The molecule has 0 saturated heterocycles. The monoisotopic (exact) mass is 378 g/mol. The molecule has 2 rings (SSSR count). The summed E-state index contributed by atoms with van der Waals surface area (Å²) in [5, 5.41) is 16.0. The van der Waals surface area contributed by atoms with Gasteiger partial charge in [0, 0.05) is 20.0 Å². The summed E-state index contributed by atoms with van der Waals surface area (Å²) in [5.74, 6) is -1.11. The SMILES string of the molecule is Cc1nc(-c2c(C)c(C)nn(C)c2=O)sc1C(=O)NCCCCC(=O)O. The molecule has 0 bridgehead atoms. The van der Waals surface area contributed by atoms with Gasteiger partial charge < -0.3 is 10.4 Å². The molecule has 0 aliphatic carbocycles. The van der Waals surface area contributed by atoms with Gasteiger partial charge >= 0.3 is 5.97 Å². The Labute approximate surface area is 154 Å². The van der Waals surface area contributed by atoms with E-state index in [1.54, 1.807) is 14.0 Å². The van der Waals surface area contributed by atoms with E-state index in [4.69, 9.17) is 5.11 Å². The van der Waals surface area contributed by atoms with E-state index in [1.807, 2.05) is 13.8 Å². The molecule has 2 aromatic rings. The Kier molecular flexibility index (Phi) is 6.25. The number of carbonyl (C=O) groups is 2. The van der Waals surface area contributed by atoms with Gasteiger partial charge in [0.15, 0.2) is 0 Å². The zero-order valence-corrected chi connectivity index (χ0v) is 16.1. The Morgan fingerprint density at radius 3 is 2.54 bits per heavy atom. The number of rotatable bonds is 7. The number of aliphatic carboxylic acids is 1. The lowest BCUT2D eigenvalue weighted by molar-refractivity contribution is -0.137. The topological polar surface area (TPSA) is 114 Å². The first-order valence-corrected chi connectivity index (χ1v) is 9.06. The molecule has 0 unspecified atom stereocenters. The first-order valence-electron chi connectivity index (χ1n) is 8.24. The minimum atomic E-state index is -0.844. The molecule has 1 amide bonds. The normalized spacial score (nSPS) is 10.8. The molecule has 0 radical (unpaired) electrons. The second kappa shape index (κ2) is 8.22. The molecule has 0 spiro atoms. The molecular weight excluding hydrogens is 356 g/mol. The van der Waals surface area contributed by atoms with Crippen molar-refractivity contribution in [2.45, 2.75) is 40.0 Å². The van der Waals surface area contributed by atoms with Crippen molar-refractivity contribution in [2.75, 3.05) is 6.54 Å². The van der Waals surface area contributed by atoms with Crippen molar-refractivity contribution in [3.63, 3.8) is 0 Å². The summed E-state index contributed by atoms with van der Waals surface area (Å²) in [6.45, 7) is 5.77. The maximum atomic E-state index is 12.5. The molecule has 2 N–H and O–H groups in total. The van der Waals surface area contributed by atoms with Gasteiger partial charge in [0.25, 0.3) is 11.5 Å². The van der Waals surface area contributed by atoms with Crippen molar-refractivity contribution in [1.82, 2.24) is 20.1 Å². The first-order chi connectivity index (χ1) is 12.2. The average Bonchev–Trinajstić information content (AvgIpc) is 2.94. The molecule has 0 aliphatic heterocycles. The van der Waals surface area contributed by atoms with E-state index < -0.39 is 5.97 Å². The number of carbonyl (C=O) groups excluding carboxylic acids is 1. The van der Waals surface area contributed by atoms with Gasteiger partial charge in [-0.2, -0.15) is 5.10 Å². The van der Waals surface area contributed by atoms with Crippen LogP contribution in [-0.4, -0.2) is 38.3 Å². The lowest BCUT2D eigenvalue weighted by atomic mass is 10.1. The third-order valence-corrected chi connectivity index (χ3v) is 5.22. The molecule has 0 aliphatic rings. The lowest BCUT2D eigenvalue weighted by Crippen LogP contribution is -2.24. The average molecular weight is 378 g/mol. The molecule has 26 heavy (non-hydrogen) atoms. The largest absolute Gasteiger partial charge is 0.481 e. The third-order valence-electron chi connectivity index (χ3n) is 4.05. The summed E-state index contributed by atoms with van der Waals surface area (Å²) >= 11 is 1.18. The third kappa shape index (κ3) is 4.34. The van der Waals surface area contributed by atoms with Crippen LogP contribution in [0.15, 0.2) is 4.79 Å². The number of carboxylic acids is 1. The van der Waals surface area contributed by atoms with Crippen molar-refractivity contribution in [2.24, 2.45) is 7.05 Å². The van der Waals surface area contributed by atoms with Crippen molar-refractivity contribution in [1.29, 1.82) is 0 Å². The Balaban J connectivity index is 2.18.